The molecule has 0 N–H and O–H groups in total. The van der Waals surface area contributed by atoms with E-state index >= 15 is 0 Å². The van der Waals surface area contributed by atoms with Gasteiger partial charge in [0, 0.05) is 0 Å². The minimum Gasteiger partial charge on any atom is -0.494 e. The SMILES string of the molecule is CCCCCCCCCCCCOc1ccc(C[C@H](Cl)C(=O)Oc2ccc(-c3ccc(C(=O)OC[C@@H](C)CC)cc3)cc2)cc1. The fourth-order valence-corrected chi connectivity index (χ4v) is 5.13. The maximum atomic E-state index is 12.7. The number of unbranched alkanes of at least 4 members (excludes halogenated alkanes) is 9. The van der Waals surface area contributed by atoms with Gasteiger partial charge in [0.1, 0.15) is 16.9 Å². The summed E-state index contributed by atoms with van der Waals surface area (Å²) in [5, 5.41) is -0.810. The number of rotatable bonds is 21. The van der Waals surface area contributed by atoms with E-state index in [1.807, 2.05) is 48.5 Å². The molecule has 0 heterocycles. The number of alkyl halides is 1. The van der Waals surface area contributed by atoms with Crippen LogP contribution >= 0.6 is 11.6 Å². The van der Waals surface area contributed by atoms with E-state index in [-0.39, 0.29) is 5.97 Å². The largest absolute Gasteiger partial charge is 0.494 e. The molecule has 0 aliphatic heterocycles. The summed E-state index contributed by atoms with van der Waals surface area (Å²) in [7, 11) is 0. The number of ether oxygens (including phenoxy) is 3. The number of hydrogen-bond acceptors (Lipinski definition) is 5. The number of carbonyl (C=O) groups is 2. The number of carbonyl (C=O) groups excluding carboxylic acids is 2. The minimum atomic E-state index is -0.810. The van der Waals surface area contributed by atoms with Crippen molar-refractivity contribution in [1.82, 2.24) is 0 Å². The Morgan fingerprint density at radius 1 is 0.689 bits per heavy atom. The Morgan fingerprint density at radius 3 is 1.80 bits per heavy atom. The highest BCUT2D eigenvalue weighted by Gasteiger charge is 2.19. The molecule has 0 spiro atoms. The summed E-state index contributed by atoms with van der Waals surface area (Å²) < 4.78 is 16.8. The van der Waals surface area contributed by atoms with E-state index in [9.17, 15) is 9.59 Å². The first-order valence-corrected chi connectivity index (χ1v) is 17.3. The summed E-state index contributed by atoms with van der Waals surface area (Å²) in [6.45, 7) is 7.52. The first-order chi connectivity index (χ1) is 21.9. The molecule has 45 heavy (non-hydrogen) atoms. The molecule has 0 saturated heterocycles. The van der Waals surface area contributed by atoms with Gasteiger partial charge in [-0.2, -0.15) is 0 Å². The van der Waals surface area contributed by atoms with Gasteiger partial charge < -0.3 is 14.2 Å². The smallest absolute Gasteiger partial charge is 0.338 e. The summed E-state index contributed by atoms with van der Waals surface area (Å²) in [6, 6.07) is 22.3. The van der Waals surface area contributed by atoms with Gasteiger partial charge in [-0.1, -0.05) is 121 Å². The average molecular weight is 635 g/mol. The summed E-state index contributed by atoms with van der Waals surface area (Å²) >= 11 is 6.41. The predicted octanol–water partition coefficient (Wildman–Crippen LogP) is 10.6. The Hall–Kier alpha value is -3.31. The van der Waals surface area contributed by atoms with Gasteiger partial charge in [-0.3, -0.25) is 4.79 Å². The third kappa shape index (κ3) is 13.7. The molecule has 5 nitrogen and oxygen atoms in total. The lowest BCUT2D eigenvalue weighted by molar-refractivity contribution is -0.133. The average Bonchev–Trinajstić information content (AvgIpc) is 3.07. The van der Waals surface area contributed by atoms with Crippen LogP contribution in [0.4, 0.5) is 0 Å². The Balaban J connectivity index is 1.35. The van der Waals surface area contributed by atoms with Crippen LogP contribution in [-0.4, -0.2) is 30.5 Å². The van der Waals surface area contributed by atoms with Crippen molar-refractivity contribution in [3.63, 3.8) is 0 Å². The van der Waals surface area contributed by atoms with E-state index in [2.05, 4.69) is 20.8 Å². The third-order valence-corrected chi connectivity index (χ3v) is 8.42. The highest BCUT2D eigenvalue weighted by atomic mass is 35.5. The van der Waals surface area contributed by atoms with Gasteiger partial charge in [-0.25, -0.2) is 4.79 Å². The molecule has 244 valence electrons. The van der Waals surface area contributed by atoms with Crippen LogP contribution in [-0.2, 0) is 16.0 Å². The molecule has 0 aliphatic rings. The van der Waals surface area contributed by atoms with Crippen molar-refractivity contribution in [3.05, 3.63) is 83.9 Å². The van der Waals surface area contributed by atoms with Gasteiger partial charge in [0.25, 0.3) is 0 Å². The molecule has 0 radical (unpaired) electrons. The maximum absolute atomic E-state index is 12.7. The van der Waals surface area contributed by atoms with E-state index in [4.69, 9.17) is 25.8 Å². The van der Waals surface area contributed by atoms with Crippen LogP contribution in [0.3, 0.4) is 0 Å². The van der Waals surface area contributed by atoms with E-state index in [0.29, 0.717) is 30.3 Å². The van der Waals surface area contributed by atoms with Gasteiger partial charge in [-0.05, 0) is 71.8 Å². The molecule has 0 amide bonds. The lowest BCUT2D eigenvalue weighted by Crippen LogP contribution is -2.23. The molecule has 0 bridgehead atoms. The van der Waals surface area contributed by atoms with Crippen molar-refractivity contribution in [2.75, 3.05) is 13.2 Å². The van der Waals surface area contributed by atoms with Crippen molar-refractivity contribution in [1.29, 1.82) is 0 Å². The van der Waals surface area contributed by atoms with E-state index in [0.717, 1.165) is 41.9 Å². The number of esters is 2. The lowest BCUT2D eigenvalue weighted by atomic mass is 10.0. The van der Waals surface area contributed by atoms with Crippen LogP contribution in [0.2, 0.25) is 0 Å². The van der Waals surface area contributed by atoms with Crippen molar-refractivity contribution in [3.8, 4) is 22.6 Å². The molecule has 3 rings (SSSR count). The van der Waals surface area contributed by atoms with Crippen LogP contribution in [0.15, 0.2) is 72.8 Å². The number of hydrogen-bond donors (Lipinski definition) is 0. The van der Waals surface area contributed by atoms with Gasteiger partial charge in [-0.15, -0.1) is 11.6 Å². The molecule has 0 aliphatic carbocycles. The fourth-order valence-electron chi connectivity index (χ4n) is 4.90. The Labute approximate surface area is 275 Å². The number of benzene rings is 3. The van der Waals surface area contributed by atoms with Crippen LogP contribution in [0.5, 0.6) is 11.5 Å². The fraction of sp³-hybridized carbons (Fsp3) is 0.487. The second kappa shape index (κ2) is 20.7. The summed E-state index contributed by atoms with van der Waals surface area (Å²) in [5.74, 6) is 0.787. The zero-order valence-corrected chi connectivity index (χ0v) is 28.2. The van der Waals surface area contributed by atoms with Crippen molar-refractivity contribution >= 4 is 23.5 Å². The van der Waals surface area contributed by atoms with E-state index in [1.165, 1.54) is 57.8 Å². The molecular formula is C39H51ClO5. The van der Waals surface area contributed by atoms with Crippen LogP contribution in [0, 0.1) is 5.92 Å². The van der Waals surface area contributed by atoms with Gasteiger partial charge in [0.05, 0.1) is 18.8 Å². The molecular weight excluding hydrogens is 584 g/mol. The standard InChI is InChI=1S/C39H51ClO5/c1-4-6-7-8-9-10-11-12-13-14-27-43-35-23-15-31(16-24-35)28-37(40)39(42)45-36-25-21-33(22-26-36)32-17-19-34(20-18-32)38(41)44-29-30(3)5-2/h15-26,30,37H,4-14,27-29H2,1-3H3/t30-,37-/m0/s1. The van der Waals surface area contributed by atoms with Gasteiger partial charge >= 0.3 is 11.9 Å². The maximum Gasteiger partial charge on any atom is 0.338 e. The molecule has 0 unspecified atom stereocenters. The van der Waals surface area contributed by atoms with Gasteiger partial charge in [0.15, 0.2) is 0 Å². The molecule has 0 fully saturated rings. The summed E-state index contributed by atoms with van der Waals surface area (Å²) in [4.78, 5) is 24.9. The minimum absolute atomic E-state index is 0.316. The second-order valence-electron chi connectivity index (χ2n) is 12.0. The number of halogens is 1. The molecule has 3 aromatic rings. The Bertz CT molecular complexity index is 1250. The van der Waals surface area contributed by atoms with Crippen molar-refractivity contribution < 1.29 is 23.8 Å². The zero-order chi connectivity index (χ0) is 32.3. The van der Waals surface area contributed by atoms with Crippen molar-refractivity contribution in [2.45, 2.75) is 103 Å². The lowest BCUT2D eigenvalue weighted by Gasteiger charge is -2.12. The Morgan fingerprint density at radius 2 is 1.22 bits per heavy atom. The van der Waals surface area contributed by atoms with Crippen LogP contribution in [0.25, 0.3) is 11.1 Å². The third-order valence-electron chi connectivity index (χ3n) is 8.08. The van der Waals surface area contributed by atoms with Crippen molar-refractivity contribution in [2.24, 2.45) is 5.92 Å². The zero-order valence-electron chi connectivity index (χ0n) is 27.4. The first-order valence-electron chi connectivity index (χ1n) is 16.8. The van der Waals surface area contributed by atoms with Gasteiger partial charge in [0.2, 0.25) is 0 Å². The Kier molecular flexibility index (Phi) is 16.6. The second-order valence-corrected chi connectivity index (χ2v) is 12.5. The highest BCUT2D eigenvalue weighted by molar-refractivity contribution is 6.30. The summed E-state index contributed by atoms with van der Waals surface area (Å²) in [5.41, 5.74) is 3.35. The van der Waals surface area contributed by atoms with Crippen LogP contribution in [0.1, 0.15) is 107 Å². The predicted molar refractivity (Wildman–Crippen MR) is 184 cm³/mol. The first kappa shape index (κ1) is 36.2. The summed E-state index contributed by atoms with van der Waals surface area (Å²) in [6.07, 6.45) is 14.4. The molecule has 6 heteroatoms. The van der Waals surface area contributed by atoms with Crippen LogP contribution < -0.4 is 9.47 Å². The molecule has 3 aromatic carbocycles. The normalized spacial score (nSPS) is 12.4. The highest BCUT2D eigenvalue weighted by Crippen LogP contribution is 2.24. The topological polar surface area (TPSA) is 61.8 Å². The molecule has 2 atom stereocenters. The quantitative estimate of drug-likeness (QED) is 0.0505. The van der Waals surface area contributed by atoms with E-state index < -0.39 is 11.3 Å². The molecule has 0 aromatic heterocycles. The monoisotopic (exact) mass is 634 g/mol. The van der Waals surface area contributed by atoms with E-state index in [1.54, 1.807) is 24.3 Å². The molecule has 0 saturated carbocycles.